The van der Waals surface area contributed by atoms with E-state index in [1.165, 1.54) is 0 Å². The van der Waals surface area contributed by atoms with Gasteiger partial charge in [-0.2, -0.15) is 0 Å². The van der Waals surface area contributed by atoms with Crippen LogP contribution >= 0.6 is 0 Å². The Bertz CT molecular complexity index is 373. The van der Waals surface area contributed by atoms with Gasteiger partial charge in [0.05, 0.1) is 0 Å². The minimum atomic E-state index is -0.216. The Morgan fingerprint density at radius 3 is 2.81 bits per heavy atom. The summed E-state index contributed by atoms with van der Waals surface area (Å²) in [5.74, 6) is 0. The van der Waals surface area contributed by atoms with Gasteiger partial charge in [-0.15, -0.1) is 0 Å². The van der Waals surface area contributed by atoms with Crippen LogP contribution in [0.15, 0.2) is 42.5 Å². The molecular formula is C13H14O2Se. The molecule has 1 atom stereocenters. The van der Waals surface area contributed by atoms with Crippen molar-refractivity contribution in [3.63, 3.8) is 0 Å². The number of hydrogen-bond donors (Lipinski definition) is 0. The number of allylic oxidation sites excluding steroid dienone is 1. The zero-order valence-corrected chi connectivity index (χ0v) is 10.7. The minimum absolute atomic E-state index is 0.00633. The molecule has 0 unspecified atom stereocenters. The molecule has 0 amide bonds. The maximum absolute atomic E-state index is 11.7. The van der Waals surface area contributed by atoms with Crippen LogP contribution in [0.3, 0.4) is 0 Å². The Labute approximate surface area is 102 Å². The van der Waals surface area contributed by atoms with Gasteiger partial charge in [-0.1, -0.05) is 0 Å². The summed E-state index contributed by atoms with van der Waals surface area (Å²) in [5.41, 5.74) is 0. The SMILES string of the molecule is O=C(O[C@H]1C=CCCC1)[Se]c1ccccc1. The molecule has 0 aromatic heterocycles. The number of carbonyl (C=O) groups is 1. The number of ether oxygens (including phenoxy) is 1. The van der Waals surface area contributed by atoms with Gasteiger partial charge in [-0.25, -0.2) is 0 Å². The summed E-state index contributed by atoms with van der Waals surface area (Å²) in [4.78, 5) is 11.6. The molecule has 0 radical (unpaired) electrons. The van der Waals surface area contributed by atoms with Gasteiger partial charge in [0.2, 0.25) is 0 Å². The fourth-order valence-electron chi connectivity index (χ4n) is 1.61. The van der Waals surface area contributed by atoms with Gasteiger partial charge < -0.3 is 0 Å². The molecule has 84 valence electrons. The van der Waals surface area contributed by atoms with Gasteiger partial charge in [0, 0.05) is 0 Å². The molecule has 1 aliphatic rings. The Morgan fingerprint density at radius 1 is 1.31 bits per heavy atom. The van der Waals surface area contributed by atoms with Gasteiger partial charge in [0.25, 0.3) is 0 Å². The van der Waals surface area contributed by atoms with E-state index in [0.717, 1.165) is 23.7 Å². The molecule has 0 fully saturated rings. The van der Waals surface area contributed by atoms with E-state index in [2.05, 4.69) is 6.08 Å². The third-order valence-corrected chi connectivity index (χ3v) is 4.02. The Hall–Kier alpha value is -1.05. The van der Waals surface area contributed by atoms with E-state index < -0.39 is 0 Å². The van der Waals surface area contributed by atoms with Crippen LogP contribution in [0, 0.1) is 0 Å². The van der Waals surface area contributed by atoms with Crippen molar-refractivity contribution in [2.45, 2.75) is 25.4 Å². The number of benzene rings is 1. The number of hydrogen-bond acceptors (Lipinski definition) is 2. The second-order valence-corrected chi connectivity index (χ2v) is 5.80. The topological polar surface area (TPSA) is 26.3 Å². The van der Waals surface area contributed by atoms with E-state index in [4.69, 9.17) is 4.74 Å². The molecule has 0 aliphatic heterocycles. The molecule has 3 heteroatoms. The number of carbonyl (C=O) groups excluding carboxylic acids is 1. The molecule has 0 saturated carbocycles. The summed E-state index contributed by atoms with van der Waals surface area (Å²) in [5, 5.41) is 0. The summed E-state index contributed by atoms with van der Waals surface area (Å²) in [6, 6.07) is 9.79. The van der Waals surface area contributed by atoms with E-state index in [9.17, 15) is 4.79 Å². The molecular weight excluding hydrogens is 267 g/mol. The molecule has 1 aliphatic carbocycles. The van der Waals surface area contributed by atoms with Gasteiger partial charge >= 0.3 is 102 Å². The number of rotatable bonds is 3. The first-order valence-corrected chi connectivity index (χ1v) is 7.16. The van der Waals surface area contributed by atoms with Gasteiger partial charge in [0.15, 0.2) is 0 Å². The Morgan fingerprint density at radius 2 is 2.12 bits per heavy atom. The molecule has 0 bridgehead atoms. The van der Waals surface area contributed by atoms with Crippen molar-refractivity contribution in [2.75, 3.05) is 0 Å². The molecule has 0 N–H and O–H groups in total. The molecule has 2 nitrogen and oxygen atoms in total. The van der Waals surface area contributed by atoms with Crippen LogP contribution in [0.5, 0.6) is 0 Å². The van der Waals surface area contributed by atoms with Crippen molar-refractivity contribution >= 4 is 24.3 Å². The Balaban J connectivity index is 1.84. The summed E-state index contributed by atoms with van der Waals surface area (Å²) in [7, 11) is 0. The first kappa shape index (κ1) is 11.4. The van der Waals surface area contributed by atoms with Crippen molar-refractivity contribution in [3.05, 3.63) is 42.5 Å². The second-order valence-electron chi connectivity index (χ2n) is 3.68. The summed E-state index contributed by atoms with van der Waals surface area (Å²) in [6.45, 7) is 0. The van der Waals surface area contributed by atoms with E-state index in [1.807, 2.05) is 36.4 Å². The van der Waals surface area contributed by atoms with Crippen molar-refractivity contribution in [1.82, 2.24) is 0 Å². The van der Waals surface area contributed by atoms with E-state index in [0.29, 0.717) is 0 Å². The zero-order chi connectivity index (χ0) is 11.2. The predicted octanol–water partition coefficient (Wildman–Crippen LogP) is 2.26. The van der Waals surface area contributed by atoms with E-state index >= 15 is 0 Å². The predicted molar refractivity (Wildman–Crippen MR) is 65.1 cm³/mol. The normalized spacial score (nSPS) is 19.4. The Kier molecular flexibility index (Phi) is 4.20. The fraction of sp³-hybridized carbons (Fsp3) is 0.308. The van der Waals surface area contributed by atoms with Crippen molar-refractivity contribution in [1.29, 1.82) is 0 Å². The fourth-order valence-corrected chi connectivity index (χ4v) is 2.99. The summed E-state index contributed by atoms with van der Waals surface area (Å²) in [6.07, 6.45) is 7.30. The van der Waals surface area contributed by atoms with E-state index in [1.54, 1.807) is 0 Å². The van der Waals surface area contributed by atoms with Crippen LogP contribution in [-0.2, 0) is 4.74 Å². The van der Waals surface area contributed by atoms with Crippen LogP contribution in [0.2, 0.25) is 0 Å². The molecule has 1 aromatic carbocycles. The first-order valence-electron chi connectivity index (χ1n) is 5.45. The van der Waals surface area contributed by atoms with Crippen molar-refractivity contribution < 1.29 is 9.53 Å². The summed E-state index contributed by atoms with van der Waals surface area (Å²) < 4.78 is 6.47. The molecule has 16 heavy (non-hydrogen) atoms. The van der Waals surface area contributed by atoms with E-state index in [-0.39, 0.29) is 25.9 Å². The van der Waals surface area contributed by atoms with Crippen LogP contribution in [0.1, 0.15) is 19.3 Å². The maximum atomic E-state index is 11.7. The van der Waals surface area contributed by atoms with Gasteiger partial charge in [-0.05, 0) is 0 Å². The third-order valence-electron chi connectivity index (χ3n) is 2.40. The monoisotopic (exact) mass is 282 g/mol. The summed E-state index contributed by atoms with van der Waals surface area (Å²) >= 11 is -0.216. The van der Waals surface area contributed by atoms with Crippen molar-refractivity contribution in [3.8, 4) is 0 Å². The van der Waals surface area contributed by atoms with Gasteiger partial charge in [-0.3, -0.25) is 0 Å². The molecule has 1 aromatic rings. The second kappa shape index (κ2) is 5.88. The molecule has 2 rings (SSSR count). The molecule has 0 heterocycles. The first-order chi connectivity index (χ1) is 7.84. The zero-order valence-electron chi connectivity index (χ0n) is 8.96. The average Bonchev–Trinajstić information content (AvgIpc) is 2.31. The van der Waals surface area contributed by atoms with Crippen molar-refractivity contribution in [2.24, 2.45) is 0 Å². The van der Waals surface area contributed by atoms with Crippen LogP contribution in [0.4, 0.5) is 4.79 Å². The molecule has 0 spiro atoms. The quantitative estimate of drug-likeness (QED) is 0.627. The standard InChI is InChI=1S/C13H14O2Se/c14-13(15-11-7-3-1-4-8-11)16-12-9-5-2-6-10-12/h2-3,5-7,9-11H,1,4,8H2/t11-/m0/s1. The van der Waals surface area contributed by atoms with Gasteiger partial charge in [0.1, 0.15) is 0 Å². The molecule has 0 saturated heterocycles. The average molecular weight is 281 g/mol. The van der Waals surface area contributed by atoms with Crippen LogP contribution in [0.25, 0.3) is 0 Å². The van der Waals surface area contributed by atoms with Crippen LogP contribution < -0.4 is 4.46 Å². The van der Waals surface area contributed by atoms with Crippen LogP contribution in [-0.4, -0.2) is 25.9 Å². The third kappa shape index (κ3) is 3.51.